The number of rotatable bonds is 6. The molecule has 0 amide bonds. The predicted molar refractivity (Wildman–Crippen MR) is 82.8 cm³/mol. The Bertz CT molecular complexity index is 337. The first kappa shape index (κ1) is 15.6. The number of benzene rings is 1. The molecule has 1 aromatic carbocycles. The zero-order chi connectivity index (χ0) is 13.6. The quantitative estimate of drug-likeness (QED) is 0.658. The van der Waals surface area contributed by atoms with E-state index >= 15 is 0 Å². The van der Waals surface area contributed by atoms with Crippen molar-refractivity contribution in [3.63, 3.8) is 0 Å². The van der Waals surface area contributed by atoms with Crippen LogP contribution in [0.1, 0.15) is 46.1 Å². The lowest BCUT2D eigenvalue weighted by Gasteiger charge is -2.19. The van der Waals surface area contributed by atoms with E-state index in [1.165, 1.54) is 12.0 Å². The zero-order valence-electron chi connectivity index (χ0n) is 12.0. The Morgan fingerprint density at radius 1 is 1.11 bits per heavy atom. The number of alkyl halides is 1. The lowest BCUT2D eigenvalue weighted by Crippen LogP contribution is -2.10. The van der Waals surface area contributed by atoms with Gasteiger partial charge in [0, 0.05) is 5.33 Å². The van der Waals surface area contributed by atoms with Crippen LogP contribution in [0.5, 0.6) is 5.75 Å². The molecule has 2 heteroatoms. The normalized spacial score (nSPS) is 13.4. The van der Waals surface area contributed by atoms with Gasteiger partial charge in [0.25, 0.3) is 0 Å². The zero-order valence-corrected chi connectivity index (χ0v) is 13.6. The lowest BCUT2D eigenvalue weighted by molar-refractivity contribution is 0.282. The van der Waals surface area contributed by atoms with E-state index in [1.54, 1.807) is 0 Å². The van der Waals surface area contributed by atoms with Gasteiger partial charge >= 0.3 is 0 Å². The van der Waals surface area contributed by atoms with Gasteiger partial charge in [-0.05, 0) is 41.9 Å². The van der Waals surface area contributed by atoms with Gasteiger partial charge in [-0.1, -0.05) is 55.8 Å². The van der Waals surface area contributed by atoms with Crippen molar-refractivity contribution in [1.29, 1.82) is 0 Å². The van der Waals surface area contributed by atoms with E-state index in [9.17, 15) is 0 Å². The molecule has 1 atom stereocenters. The van der Waals surface area contributed by atoms with Crippen molar-refractivity contribution < 1.29 is 4.74 Å². The van der Waals surface area contributed by atoms with Gasteiger partial charge in [0.2, 0.25) is 0 Å². The van der Waals surface area contributed by atoms with Gasteiger partial charge in [0.15, 0.2) is 0 Å². The van der Waals surface area contributed by atoms with Crippen molar-refractivity contribution in [2.45, 2.75) is 46.0 Å². The van der Waals surface area contributed by atoms with Crippen LogP contribution >= 0.6 is 15.9 Å². The molecule has 0 fully saturated rings. The molecule has 1 unspecified atom stereocenters. The largest absolute Gasteiger partial charge is 0.494 e. The van der Waals surface area contributed by atoms with Crippen molar-refractivity contribution >= 4 is 15.9 Å². The summed E-state index contributed by atoms with van der Waals surface area (Å²) in [6.07, 6.45) is 2.33. The highest BCUT2D eigenvalue weighted by atomic mass is 79.9. The van der Waals surface area contributed by atoms with Crippen molar-refractivity contribution in [3.8, 4) is 5.75 Å². The molecule has 0 saturated carbocycles. The molecule has 0 radical (unpaired) electrons. The van der Waals surface area contributed by atoms with Crippen LogP contribution in [-0.2, 0) is 5.41 Å². The van der Waals surface area contributed by atoms with Crippen molar-refractivity contribution in [2.24, 2.45) is 5.92 Å². The Morgan fingerprint density at radius 3 is 2.22 bits per heavy atom. The Labute approximate surface area is 120 Å². The molecule has 18 heavy (non-hydrogen) atoms. The second-order valence-corrected chi connectivity index (χ2v) is 6.79. The standard InChI is InChI=1S/C16H25BrO/c1-13(9-11-17)10-12-18-15-7-5-14(6-8-15)16(2,3)4/h5-8,13H,9-12H2,1-4H3. The van der Waals surface area contributed by atoms with E-state index in [0.717, 1.165) is 30.0 Å². The van der Waals surface area contributed by atoms with Crippen LogP contribution < -0.4 is 4.74 Å². The summed E-state index contributed by atoms with van der Waals surface area (Å²) < 4.78 is 5.78. The Hall–Kier alpha value is -0.500. The maximum atomic E-state index is 5.78. The van der Waals surface area contributed by atoms with Gasteiger partial charge in [0.1, 0.15) is 5.75 Å². The topological polar surface area (TPSA) is 9.23 Å². The number of hydrogen-bond donors (Lipinski definition) is 0. The summed E-state index contributed by atoms with van der Waals surface area (Å²) >= 11 is 3.47. The number of halogens is 1. The van der Waals surface area contributed by atoms with E-state index in [0.29, 0.717) is 0 Å². The highest BCUT2D eigenvalue weighted by Crippen LogP contribution is 2.24. The monoisotopic (exact) mass is 312 g/mol. The summed E-state index contributed by atoms with van der Waals surface area (Å²) in [5.41, 5.74) is 1.56. The van der Waals surface area contributed by atoms with Crippen LogP contribution in [0.15, 0.2) is 24.3 Å². The summed E-state index contributed by atoms with van der Waals surface area (Å²) in [6.45, 7) is 9.76. The minimum absolute atomic E-state index is 0.211. The molecule has 1 nitrogen and oxygen atoms in total. The fourth-order valence-corrected chi connectivity index (χ4v) is 2.54. The van der Waals surface area contributed by atoms with Crippen LogP contribution in [0.2, 0.25) is 0 Å². The molecule has 0 bridgehead atoms. The highest BCUT2D eigenvalue weighted by molar-refractivity contribution is 9.09. The summed E-state index contributed by atoms with van der Waals surface area (Å²) in [7, 11) is 0. The van der Waals surface area contributed by atoms with E-state index in [-0.39, 0.29) is 5.41 Å². The van der Waals surface area contributed by atoms with Crippen molar-refractivity contribution in [1.82, 2.24) is 0 Å². The third-order valence-electron chi connectivity index (χ3n) is 3.20. The van der Waals surface area contributed by atoms with E-state index < -0.39 is 0 Å². The molecule has 0 aliphatic heterocycles. The maximum Gasteiger partial charge on any atom is 0.119 e. The molecule has 1 rings (SSSR count). The molecule has 0 heterocycles. The minimum atomic E-state index is 0.211. The van der Waals surface area contributed by atoms with Crippen LogP contribution in [0, 0.1) is 5.92 Å². The molecule has 1 aromatic rings. The molecule has 0 aromatic heterocycles. The fourth-order valence-electron chi connectivity index (χ4n) is 1.76. The summed E-state index contributed by atoms with van der Waals surface area (Å²) in [5, 5.41) is 1.08. The Balaban J connectivity index is 2.40. The lowest BCUT2D eigenvalue weighted by atomic mass is 9.87. The molecule has 0 aliphatic rings. The molecule has 0 aliphatic carbocycles. The minimum Gasteiger partial charge on any atom is -0.494 e. The fraction of sp³-hybridized carbons (Fsp3) is 0.625. The molecule has 0 saturated heterocycles. The molecule has 102 valence electrons. The smallest absolute Gasteiger partial charge is 0.119 e. The molecule has 0 N–H and O–H groups in total. The third-order valence-corrected chi connectivity index (χ3v) is 3.66. The predicted octanol–water partition coefficient (Wildman–Crippen LogP) is 5.17. The first-order valence-electron chi connectivity index (χ1n) is 6.73. The summed E-state index contributed by atoms with van der Waals surface area (Å²) in [4.78, 5) is 0. The van der Waals surface area contributed by atoms with Crippen molar-refractivity contribution in [2.75, 3.05) is 11.9 Å². The molecule has 0 spiro atoms. The maximum absolute atomic E-state index is 5.78. The number of ether oxygens (including phenoxy) is 1. The first-order valence-corrected chi connectivity index (χ1v) is 7.85. The molecular weight excluding hydrogens is 288 g/mol. The summed E-state index contributed by atoms with van der Waals surface area (Å²) in [5.74, 6) is 1.70. The van der Waals surface area contributed by atoms with Crippen LogP contribution in [0.4, 0.5) is 0 Å². The van der Waals surface area contributed by atoms with Crippen molar-refractivity contribution in [3.05, 3.63) is 29.8 Å². The second kappa shape index (κ2) is 7.18. The van der Waals surface area contributed by atoms with Gasteiger partial charge in [-0.2, -0.15) is 0 Å². The second-order valence-electron chi connectivity index (χ2n) is 5.99. The van der Waals surface area contributed by atoms with E-state index in [2.05, 4.69) is 67.9 Å². The van der Waals surface area contributed by atoms with Gasteiger partial charge in [-0.25, -0.2) is 0 Å². The third kappa shape index (κ3) is 5.43. The average Bonchev–Trinajstić information content (AvgIpc) is 2.29. The van der Waals surface area contributed by atoms with Crippen LogP contribution in [0.25, 0.3) is 0 Å². The number of hydrogen-bond acceptors (Lipinski definition) is 1. The Morgan fingerprint density at radius 2 is 1.72 bits per heavy atom. The van der Waals surface area contributed by atoms with Gasteiger partial charge < -0.3 is 4.74 Å². The van der Waals surface area contributed by atoms with Gasteiger partial charge in [-0.3, -0.25) is 0 Å². The summed E-state index contributed by atoms with van der Waals surface area (Å²) in [6, 6.07) is 8.49. The van der Waals surface area contributed by atoms with E-state index in [1.807, 2.05) is 0 Å². The van der Waals surface area contributed by atoms with Crippen LogP contribution in [0.3, 0.4) is 0 Å². The SMILES string of the molecule is CC(CCBr)CCOc1ccc(C(C)(C)C)cc1. The van der Waals surface area contributed by atoms with Gasteiger partial charge in [-0.15, -0.1) is 0 Å². The average molecular weight is 313 g/mol. The van der Waals surface area contributed by atoms with Crippen LogP contribution in [-0.4, -0.2) is 11.9 Å². The van der Waals surface area contributed by atoms with Gasteiger partial charge in [0.05, 0.1) is 6.61 Å². The highest BCUT2D eigenvalue weighted by Gasteiger charge is 2.12. The van der Waals surface area contributed by atoms with E-state index in [4.69, 9.17) is 4.74 Å². The Kier molecular flexibility index (Phi) is 6.20. The first-order chi connectivity index (χ1) is 8.43. The molecular formula is C16H25BrO.